The quantitative estimate of drug-likeness (QED) is 0.173. The molecule has 1 aliphatic rings. The van der Waals surface area contributed by atoms with Crippen LogP contribution in [0.1, 0.15) is 43.7 Å². The molecule has 9 nitrogen and oxygen atoms in total. The lowest BCUT2D eigenvalue weighted by Gasteiger charge is -2.32. The van der Waals surface area contributed by atoms with Gasteiger partial charge in [0.25, 0.3) is 0 Å². The van der Waals surface area contributed by atoms with Gasteiger partial charge in [-0.15, -0.1) is 24.8 Å². The minimum Gasteiger partial charge on any atom is -0.493 e. The second-order valence-electron chi connectivity index (χ2n) is 11.3. The molecule has 256 valence electrons. The molecule has 1 heterocycles. The summed E-state index contributed by atoms with van der Waals surface area (Å²) in [4.78, 5) is 14.9. The van der Waals surface area contributed by atoms with Gasteiger partial charge in [-0.1, -0.05) is 42.8 Å². The Kier molecular flexibility index (Phi) is 12.3. The van der Waals surface area contributed by atoms with Gasteiger partial charge >= 0.3 is 12.5 Å². The topological polar surface area (TPSA) is 98.7 Å². The Morgan fingerprint density at radius 1 is 1.04 bits per heavy atom. The predicted octanol–water partition coefficient (Wildman–Crippen LogP) is 7.71. The van der Waals surface area contributed by atoms with Gasteiger partial charge in [-0.25, -0.2) is 18.1 Å². The molecule has 3 aromatic rings. The van der Waals surface area contributed by atoms with E-state index in [1.54, 1.807) is 23.1 Å². The van der Waals surface area contributed by atoms with E-state index in [0.717, 1.165) is 17.7 Å². The number of carbonyl (C=O) groups is 1. The third kappa shape index (κ3) is 10.4. The van der Waals surface area contributed by atoms with Gasteiger partial charge in [-0.05, 0) is 73.7 Å². The number of hydrogen-bond acceptors (Lipinski definition) is 7. The Morgan fingerprint density at radius 3 is 2.38 bits per heavy atom. The average molecular weight is 698 g/mol. The molecule has 3 aromatic carbocycles. The number of nitrogens with one attached hydrogen (secondary N) is 1. The Hall–Kier alpha value is -3.68. The first-order valence-electron chi connectivity index (χ1n) is 15.0. The SMILES string of the molecule is COc1ccc(CN=S(=O)(NC2(CCCC(C)Cl)CCN(C(=O)OCc3ccccc3)C2)c2ccc(OC(F)(F)F)cc2)cc1OC. The first kappa shape index (κ1) is 36.2. The Bertz CT molecular complexity index is 1600. The van der Waals surface area contributed by atoms with Crippen molar-refractivity contribution in [2.24, 2.45) is 4.36 Å². The van der Waals surface area contributed by atoms with Crippen molar-refractivity contribution in [2.75, 3.05) is 27.3 Å². The zero-order valence-corrected chi connectivity index (χ0v) is 28.0. The Morgan fingerprint density at radius 2 is 1.74 bits per heavy atom. The molecule has 1 saturated heterocycles. The van der Waals surface area contributed by atoms with Gasteiger partial charge < -0.3 is 23.8 Å². The maximum atomic E-state index is 14.9. The van der Waals surface area contributed by atoms with Gasteiger partial charge in [0.15, 0.2) is 11.5 Å². The summed E-state index contributed by atoms with van der Waals surface area (Å²) < 4.78 is 81.8. The van der Waals surface area contributed by atoms with Gasteiger partial charge in [0, 0.05) is 18.5 Å². The maximum absolute atomic E-state index is 14.9. The number of hydrogen-bond donors (Lipinski definition) is 1. The number of rotatable bonds is 14. The highest BCUT2D eigenvalue weighted by molar-refractivity contribution is 7.91. The smallest absolute Gasteiger partial charge is 0.493 e. The fraction of sp³-hybridized carbons (Fsp3) is 0.424. The predicted molar refractivity (Wildman–Crippen MR) is 173 cm³/mol. The van der Waals surface area contributed by atoms with Crippen molar-refractivity contribution in [1.29, 1.82) is 0 Å². The number of alkyl halides is 4. The molecule has 0 aliphatic carbocycles. The molecule has 0 radical (unpaired) electrons. The summed E-state index contributed by atoms with van der Waals surface area (Å²) in [6.45, 7) is 2.47. The molecule has 0 saturated carbocycles. The van der Waals surface area contributed by atoms with Crippen LogP contribution in [0.2, 0.25) is 0 Å². The third-order valence-electron chi connectivity index (χ3n) is 7.68. The van der Waals surface area contributed by atoms with E-state index in [-0.39, 0.29) is 30.0 Å². The lowest BCUT2D eigenvalue weighted by molar-refractivity contribution is -0.274. The second kappa shape index (κ2) is 15.9. The van der Waals surface area contributed by atoms with E-state index < -0.39 is 33.7 Å². The van der Waals surface area contributed by atoms with E-state index in [2.05, 4.69) is 13.8 Å². The summed E-state index contributed by atoms with van der Waals surface area (Å²) in [5.41, 5.74) is 0.642. The molecule has 1 N–H and O–H groups in total. The van der Waals surface area contributed by atoms with Crippen molar-refractivity contribution < 1.29 is 41.1 Å². The molecule has 14 heteroatoms. The Balaban J connectivity index is 1.66. The van der Waals surface area contributed by atoms with Crippen molar-refractivity contribution in [3.05, 3.63) is 83.9 Å². The molecule has 0 spiro atoms. The lowest BCUT2D eigenvalue weighted by atomic mass is 9.92. The molecule has 1 fully saturated rings. The monoisotopic (exact) mass is 697 g/mol. The lowest BCUT2D eigenvalue weighted by Crippen LogP contribution is -2.50. The van der Waals surface area contributed by atoms with E-state index in [4.69, 9.17) is 25.8 Å². The fourth-order valence-electron chi connectivity index (χ4n) is 5.33. The first-order chi connectivity index (χ1) is 22.3. The van der Waals surface area contributed by atoms with E-state index >= 15 is 0 Å². The van der Waals surface area contributed by atoms with Crippen molar-refractivity contribution in [3.8, 4) is 17.2 Å². The van der Waals surface area contributed by atoms with E-state index in [1.165, 1.54) is 26.4 Å². The van der Waals surface area contributed by atoms with Crippen LogP contribution in [0.25, 0.3) is 0 Å². The second-order valence-corrected chi connectivity index (χ2v) is 14.0. The van der Waals surface area contributed by atoms with Crippen LogP contribution < -0.4 is 18.9 Å². The van der Waals surface area contributed by atoms with E-state index in [0.29, 0.717) is 49.3 Å². The summed E-state index contributed by atoms with van der Waals surface area (Å²) >= 11 is 6.25. The highest BCUT2D eigenvalue weighted by Crippen LogP contribution is 2.33. The first-order valence-corrected chi connectivity index (χ1v) is 17.0. The maximum Gasteiger partial charge on any atom is 0.573 e. The van der Waals surface area contributed by atoms with Crippen molar-refractivity contribution >= 4 is 27.6 Å². The largest absolute Gasteiger partial charge is 0.573 e. The molecule has 0 aromatic heterocycles. The number of benzene rings is 3. The number of methoxy groups -OCH3 is 2. The van der Waals surface area contributed by atoms with E-state index in [9.17, 15) is 22.2 Å². The molecule has 4 rings (SSSR count). The molecular weight excluding hydrogens is 659 g/mol. The zero-order chi connectivity index (χ0) is 34.1. The third-order valence-corrected chi connectivity index (χ3v) is 10.0. The molecule has 0 bridgehead atoms. The minimum atomic E-state index is -4.88. The van der Waals surface area contributed by atoms with Crippen LogP contribution in [0.5, 0.6) is 17.2 Å². The van der Waals surface area contributed by atoms with E-state index in [1.807, 2.05) is 37.3 Å². The number of halogens is 4. The van der Waals surface area contributed by atoms with Gasteiger partial charge in [-0.2, -0.15) is 0 Å². The summed E-state index contributed by atoms with van der Waals surface area (Å²) in [7, 11) is -0.496. The van der Waals surface area contributed by atoms with Crippen LogP contribution in [-0.4, -0.2) is 59.8 Å². The van der Waals surface area contributed by atoms with Crippen LogP contribution in [0.15, 0.2) is 82.1 Å². The van der Waals surface area contributed by atoms with Gasteiger partial charge in [-0.3, -0.25) is 0 Å². The molecule has 47 heavy (non-hydrogen) atoms. The molecule has 3 atom stereocenters. The number of nitrogens with zero attached hydrogens (tertiary/aromatic N) is 2. The zero-order valence-electron chi connectivity index (χ0n) is 26.4. The Labute approximate surface area is 278 Å². The van der Waals surface area contributed by atoms with Crippen molar-refractivity contribution in [1.82, 2.24) is 9.62 Å². The minimum absolute atomic E-state index is 0.0232. The summed E-state index contributed by atoms with van der Waals surface area (Å²) in [5, 5.41) is -0.0966. The van der Waals surface area contributed by atoms with Crippen molar-refractivity contribution in [2.45, 2.75) is 67.9 Å². The van der Waals surface area contributed by atoms with Gasteiger partial charge in [0.1, 0.15) is 22.3 Å². The highest BCUT2D eigenvalue weighted by atomic mass is 35.5. The highest BCUT2D eigenvalue weighted by Gasteiger charge is 2.43. The number of ether oxygens (including phenoxy) is 4. The van der Waals surface area contributed by atoms with Crippen LogP contribution in [0.3, 0.4) is 0 Å². The standard InChI is InChI=1S/C33H39ClF3N3O6S/c1-24(34)8-7-17-32(18-19-40(23-32)31(41)45-22-25-9-5-4-6-10-25)39-47(42,28-14-12-27(13-15-28)46-33(35,36)37)38-21-26-11-16-29(43-2)30(20-26)44-3/h4-6,9-16,20,24H,7-8,17-19,21-23H2,1-3H3,(H,38,39,42). The molecule has 1 amide bonds. The van der Waals surface area contributed by atoms with Gasteiger partial charge in [0.05, 0.1) is 31.2 Å². The molecular formula is C33H39ClF3N3O6S. The van der Waals surface area contributed by atoms with Crippen LogP contribution in [0, 0.1) is 0 Å². The number of carbonyl (C=O) groups excluding carboxylic acids is 1. The normalized spacial score (nSPS) is 18.2. The van der Waals surface area contributed by atoms with Gasteiger partial charge in [0.2, 0.25) is 0 Å². The average Bonchev–Trinajstić information content (AvgIpc) is 3.45. The number of likely N-dealkylation sites (tertiary alicyclic amines) is 1. The fourth-order valence-corrected chi connectivity index (χ4v) is 7.51. The summed E-state index contributed by atoms with van der Waals surface area (Å²) in [6.07, 6.45) is -3.12. The summed E-state index contributed by atoms with van der Waals surface area (Å²) in [6, 6.07) is 19.2. The van der Waals surface area contributed by atoms with Crippen LogP contribution >= 0.6 is 11.6 Å². The summed E-state index contributed by atoms with van der Waals surface area (Å²) in [5.74, 6) is 0.510. The number of amides is 1. The molecule has 1 aliphatic heterocycles. The van der Waals surface area contributed by atoms with Crippen LogP contribution in [0.4, 0.5) is 18.0 Å². The van der Waals surface area contributed by atoms with Crippen LogP contribution in [-0.2, 0) is 27.8 Å². The molecule has 3 unspecified atom stereocenters. The van der Waals surface area contributed by atoms with Crippen molar-refractivity contribution in [3.63, 3.8) is 0 Å².